The molecule has 1 aromatic heterocycles. The topological polar surface area (TPSA) is 78.1 Å². The Bertz CT molecular complexity index is 343. The van der Waals surface area contributed by atoms with Gasteiger partial charge in [-0.05, 0) is 6.92 Å². The van der Waals surface area contributed by atoms with Crippen molar-refractivity contribution in [1.29, 1.82) is 0 Å². The molecule has 76 valence electrons. The zero-order valence-electron chi connectivity index (χ0n) is 7.66. The van der Waals surface area contributed by atoms with Gasteiger partial charge < -0.3 is 10.5 Å². The lowest BCUT2D eigenvalue weighted by Gasteiger charge is -2.03. The van der Waals surface area contributed by atoms with Crippen molar-refractivity contribution in [3.63, 3.8) is 0 Å². The Labute approximate surface area is 86.2 Å². The van der Waals surface area contributed by atoms with Crippen molar-refractivity contribution in [2.75, 3.05) is 6.61 Å². The largest absolute Gasteiger partial charge is 0.462 e. The first-order valence-electron chi connectivity index (χ1n) is 4.07. The van der Waals surface area contributed by atoms with E-state index in [1.54, 1.807) is 6.92 Å². The summed E-state index contributed by atoms with van der Waals surface area (Å²) < 4.78 is 4.75. The summed E-state index contributed by atoms with van der Waals surface area (Å²) in [6.07, 6.45) is 1.32. The van der Waals surface area contributed by atoms with Crippen LogP contribution in [0.1, 0.15) is 23.1 Å². The van der Waals surface area contributed by atoms with E-state index in [1.165, 1.54) is 6.20 Å². The molecule has 0 saturated carbocycles. The average Bonchev–Trinajstić information content (AvgIpc) is 2.17. The first-order valence-corrected chi connectivity index (χ1v) is 4.45. The Morgan fingerprint density at radius 2 is 2.43 bits per heavy atom. The zero-order valence-corrected chi connectivity index (χ0v) is 8.41. The number of hydrogen-bond acceptors (Lipinski definition) is 5. The molecule has 0 amide bonds. The van der Waals surface area contributed by atoms with Crippen molar-refractivity contribution in [3.05, 3.63) is 22.7 Å². The smallest absolute Gasteiger partial charge is 0.342 e. The molecule has 0 atom stereocenters. The fourth-order valence-corrected chi connectivity index (χ4v) is 1.06. The van der Waals surface area contributed by atoms with Gasteiger partial charge in [0, 0.05) is 6.20 Å². The van der Waals surface area contributed by atoms with Gasteiger partial charge in [0.05, 0.1) is 13.2 Å². The first kappa shape index (κ1) is 10.9. The number of aromatic nitrogens is 2. The Morgan fingerprint density at radius 1 is 1.71 bits per heavy atom. The van der Waals surface area contributed by atoms with Gasteiger partial charge in [0.2, 0.25) is 0 Å². The summed E-state index contributed by atoms with van der Waals surface area (Å²) in [5, 5.41) is 0.0684. The van der Waals surface area contributed by atoms with E-state index in [9.17, 15) is 4.79 Å². The number of nitrogens with two attached hydrogens (primary N) is 1. The Kier molecular flexibility index (Phi) is 3.79. The summed E-state index contributed by atoms with van der Waals surface area (Å²) in [6, 6.07) is 0. The number of halogens is 1. The number of carbonyl (C=O) groups is 1. The van der Waals surface area contributed by atoms with Crippen molar-refractivity contribution in [3.8, 4) is 0 Å². The minimum Gasteiger partial charge on any atom is -0.462 e. The molecule has 0 spiro atoms. The second-order valence-corrected chi connectivity index (χ2v) is 2.77. The Hall–Kier alpha value is -1.20. The van der Waals surface area contributed by atoms with Gasteiger partial charge in [-0.1, -0.05) is 11.6 Å². The maximum atomic E-state index is 11.2. The van der Waals surface area contributed by atoms with Crippen LogP contribution in [0.3, 0.4) is 0 Å². The Balaban J connectivity index is 2.94. The highest BCUT2D eigenvalue weighted by atomic mass is 35.5. The zero-order chi connectivity index (χ0) is 10.6. The molecule has 0 radical (unpaired) electrons. The third kappa shape index (κ3) is 2.40. The van der Waals surface area contributed by atoms with E-state index in [4.69, 9.17) is 22.1 Å². The quantitative estimate of drug-likeness (QED) is 0.595. The molecule has 14 heavy (non-hydrogen) atoms. The summed E-state index contributed by atoms with van der Waals surface area (Å²) in [4.78, 5) is 18.9. The molecular weight excluding hydrogens is 206 g/mol. The molecular formula is C8H10ClN3O2. The van der Waals surface area contributed by atoms with Crippen LogP contribution in [0, 0.1) is 0 Å². The van der Waals surface area contributed by atoms with Gasteiger partial charge in [-0.2, -0.15) is 0 Å². The van der Waals surface area contributed by atoms with Crippen molar-refractivity contribution >= 4 is 17.6 Å². The number of rotatable bonds is 3. The van der Waals surface area contributed by atoms with Crippen LogP contribution in [-0.2, 0) is 11.3 Å². The maximum Gasteiger partial charge on any atom is 0.342 e. The summed E-state index contributed by atoms with van der Waals surface area (Å²) >= 11 is 5.73. The summed E-state index contributed by atoms with van der Waals surface area (Å²) in [5.41, 5.74) is 5.46. The van der Waals surface area contributed by atoms with Crippen LogP contribution in [0.25, 0.3) is 0 Å². The van der Waals surface area contributed by atoms with E-state index in [0.717, 1.165) is 0 Å². The molecule has 0 aromatic carbocycles. The average molecular weight is 216 g/mol. The molecule has 6 heteroatoms. The van der Waals surface area contributed by atoms with E-state index < -0.39 is 5.97 Å². The van der Waals surface area contributed by atoms with Gasteiger partial charge in [0.25, 0.3) is 0 Å². The van der Waals surface area contributed by atoms with Crippen LogP contribution in [0.4, 0.5) is 0 Å². The van der Waals surface area contributed by atoms with Crippen LogP contribution < -0.4 is 5.73 Å². The van der Waals surface area contributed by atoms with Gasteiger partial charge in [0.1, 0.15) is 16.5 Å². The molecule has 5 nitrogen and oxygen atoms in total. The number of carbonyl (C=O) groups excluding carboxylic acids is 1. The minimum absolute atomic E-state index is 0.0684. The lowest BCUT2D eigenvalue weighted by molar-refractivity contribution is 0.0525. The molecule has 0 saturated heterocycles. The van der Waals surface area contributed by atoms with Crippen LogP contribution in [0.2, 0.25) is 5.15 Å². The van der Waals surface area contributed by atoms with Crippen molar-refractivity contribution in [1.82, 2.24) is 9.97 Å². The number of hydrogen-bond donors (Lipinski definition) is 1. The van der Waals surface area contributed by atoms with Crippen LogP contribution in [-0.4, -0.2) is 22.5 Å². The van der Waals surface area contributed by atoms with Gasteiger partial charge in [-0.3, -0.25) is 0 Å². The molecule has 2 N–H and O–H groups in total. The van der Waals surface area contributed by atoms with E-state index in [1.807, 2.05) is 0 Å². The second kappa shape index (κ2) is 4.88. The molecule has 0 aliphatic heterocycles. The first-order chi connectivity index (χ1) is 6.69. The van der Waals surface area contributed by atoms with Crippen LogP contribution >= 0.6 is 11.6 Å². The maximum absolute atomic E-state index is 11.2. The van der Waals surface area contributed by atoms with Gasteiger partial charge >= 0.3 is 5.97 Å². The molecule has 0 fully saturated rings. The molecule has 1 heterocycles. The van der Waals surface area contributed by atoms with Gasteiger partial charge in [0.15, 0.2) is 0 Å². The van der Waals surface area contributed by atoms with Crippen LogP contribution in [0.5, 0.6) is 0 Å². The van der Waals surface area contributed by atoms with Crippen molar-refractivity contribution in [2.24, 2.45) is 5.73 Å². The standard InChI is InChI=1S/C8H10ClN3O2/c1-2-14-8(13)5-4-11-6(3-10)12-7(5)9/h4H,2-3,10H2,1H3. The normalized spacial score (nSPS) is 9.93. The summed E-state index contributed by atoms with van der Waals surface area (Å²) in [5.74, 6) is -0.135. The predicted octanol–water partition coefficient (Wildman–Crippen LogP) is 0.765. The van der Waals surface area contributed by atoms with E-state index >= 15 is 0 Å². The number of nitrogens with zero attached hydrogens (tertiary/aromatic N) is 2. The third-order valence-corrected chi connectivity index (χ3v) is 1.76. The lowest BCUT2D eigenvalue weighted by atomic mass is 10.3. The van der Waals surface area contributed by atoms with Crippen molar-refractivity contribution < 1.29 is 9.53 Å². The molecule has 0 unspecified atom stereocenters. The summed E-state index contributed by atoms with van der Waals surface area (Å²) in [6.45, 7) is 2.18. The number of ether oxygens (including phenoxy) is 1. The summed E-state index contributed by atoms with van der Waals surface area (Å²) in [7, 11) is 0. The van der Waals surface area contributed by atoms with E-state index in [0.29, 0.717) is 5.82 Å². The van der Waals surface area contributed by atoms with Crippen LogP contribution in [0.15, 0.2) is 6.20 Å². The molecule has 0 aliphatic carbocycles. The van der Waals surface area contributed by atoms with Crippen molar-refractivity contribution in [2.45, 2.75) is 13.5 Å². The third-order valence-electron chi connectivity index (χ3n) is 1.47. The highest BCUT2D eigenvalue weighted by Crippen LogP contribution is 2.12. The van der Waals surface area contributed by atoms with Gasteiger partial charge in [-0.15, -0.1) is 0 Å². The monoisotopic (exact) mass is 215 g/mol. The minimum atomic E-state index is -0.527. The molecule has 1 aromatic rings. The highest BCUT2D eigenvalue weighted by Gasteiger charge is 2.13. The fraction of sp³-hybridized carbons (Fsp3) is 0.375. The molecule has 1 rings (SSSR count). The fourth-order valence-electron chi connectivity index (χ4n) is 0.839. The number of esters is 1. The second-order valence-electron chi connectivity index (χ2n) is 2.42. The lowest BCUT2D eigenvalue weighted by Crippen LogP contribution is -2.10. The van der Waals surface area contributed by atoms with E-state index in [-0.39, 0.29) is 23.9 Å². The van der Waals surface area contributed by atoms with E-state index in [2.05, 4.69) is 9.97 Å². The molecule has 0 aliphatic rings. The molecule has 0 bridgehead atoms. The predicted molar refractivity (Wildman–Crippen MR) is 50.9 cm³/mol. The highest BCUT2D eigenvalue weighted by molar-refractivity contribution is 6.32. The van der Waals surface area contributed by atoms with Gasteiger partial charge in [-0.25, -0.2) is 14.8 Å². The Morgan fingerprint density at radius 3 is 2.93 bits per heavy atom. The SMILES string of the molecule is CCOC(=O)c1cnc(CN)nc1Cl.